The van der Waals surface area contributed by atoms with E-state index in [4.69, 9.17) is 0 Å². The van der Waals surface area contributed by atoms with Gasteiger partial charge in [-0.15, -0.1) is 0 Å². The van der Waals surface area contributed by atoms with Gasteiger partial charge in [0.05, 0.1) is 0 Å². The van der Waals surface area contributed by atoms with Crippen LogP contribution in [0.3, 0.4) is 0 Å². The molecule has 1 fully saturated rings. The molecule has 2 nitrogen and oxygen atoms in total. The van der Waals surface area contributed by atoms with E-state index in [9.17, 15) is 0 Å². The first-order chi connectivity index (χ1) is 7.15. The fourth-order valence-electron chi connectivity index (χ4n) is 1.75. The third-order valence-corrected chi connectivity index (χ3v) is 2.73. The number of hydrogen-bond acceptors (Lipinski definition) is 2. The first kappa shape index (κ1) is 12.1. The second kappa shape index (κ2) is 5.76. The minimum absolute atomic E-state index is 1.10. The molecule has 1 heterocycles. The Hall–Kier alpha value is -1.02. The van der Waals surface area contributed by atoms with Crippen LogP contribution in [-0.2, 0) is 0 Å². The Morgan fingerprint density at radius 2 is 1.80 bits per heavy atom. The van der Waals surface area contributed by atoms with Crippen molar-refractivity contribution in [3.05, 3.63) is 36.1 Å². The largest absolute Gasteiger partial charge is 0.369 e. The van der Waals surface area contributed by atoms with Crippen molar-refractivity contribution in [2.75, 3.05) is 33.2 Å². The van der Waals surface area contributed by atoms with Crippen LogP contribution in [0.2, 0.25) is 0 Å². The molecule has 1 aliphatic rings. The fourth-order valence-corrected chi connectivity index (χ4v) is 1.75. The summed E-state index contributed by atoms with van der Waals surface area (Å²) >= 11 is 0. The van der Waals surface area contributed by atoms with Gasteiger partial charge in [0.15, 0.2) is 0 Å². The topological polar surface area (TPSA) is 6.48 Å². The van der Waals surface area contributed by atoms with Gasteiger partial charge < -0.3 is 9.80 Å². The SMILES string of the molecule is C=C(C)/C(=C\C=C/C)N1CCN(C)CC1. The summed E-state index contributed by atoms with van der Waals surface area (Å²) in [7, 11) is 2.17. The molecule has 1 saturated heterocycles. The van der Waals surface area contributed by atoms with Crippen LogP contribution in [-0.4, -0.2) is 43.0 Å². The molecule has 0 radical (unpaired) electrons. The smallest absolute Gasteiger partial charge is 0.0390 e. The second-order valence-electron chi connectivity index (χ2n) is 4.15. The highest BCUT2D eigenvalue weighted by Crippen LogP contribution is 2.15. The lowest BCUT2D eigenvalue weighted by atomic mass is 10.1. The summed E-state index contributed by atoms with van der Waals surface area (Å²) in [5.41, 5.74) is 2.43. The van der Waals surface area contributed by atoms with Gasteiger partial charge in [-0.3, -0.25) is 0 Å². The van der Waals surface area contributed by atoms with E-state index in [-0.39, 0.29) is 0 Å². The summed E-state index contributed by atoms with van der Waals surface area (Å²) in [6, 6.07) is 0. The molecule has 0 amide bonds. The van der Waals surface area contributed by atoms with Crippen molar-refractivity contribution in [3.63, 3.8) is 0 Å². The number of piperazine rings is 1. The lowest BCUT2D eigenvalue weighted by Gasteiger charge is -2.35. The monoisotopic (exact) mass is 206 g/mol. The van der Waals surface area contributed by atoms with Crippen molar-refractivity contribution in [3.8, 4) is 0 Å². The summed E-state index contributed by atoms with van der Waals surface area (Å²) in [6.45, 7) is 12.6. The Morgan fingerprint density at radius 1 is 1.20 bits per heavy atom. The van der Waals surface area contributed by atoms with Gasteiger partial charge in [0.25, 0.3) is 0 Å². The van der Waals surface area contributed by atoms with Gasteiger partial charge in [-0.2, -0.15) is 0 Å². The molecule has 0 aromatic carbocycles. The summed E-state index contributed by atoms with van der Waals surface area (Å²) in [6.07, 6.45) is 6.30. The molecule has 84 valence electrons. The highest BCUT2D eigenvalue weighted by atomic mass is 15.2. The van der Waals surface area contributed by atoms with Crippen LogP contribution in [0, 0.1) is 0 Å². The summed E-state index contributed by atoms with van der Waals surface area (Å²) in [4.78, 5) is 4.78. The molecular weight excluding hydrogens is 184 g/mol. The zero-order chi connectivity index (χ0) is 11.3. The van der Waals surface area contributed by atoms with E-state index in [1.807, 2.05) is 6.92 Å². The Balaban J connectivity index is 2.69. The maximum absolute atomic E-state index is 4.05. The average molecular weight is 206 g/mol. The molecule has 0 atom stereocenters. The van der Waals surface area contributed by atoms with E-state index >= 15 is 0 Å². The van der Waals surface area contributed by atoms with E-state index < -0.39 is 0 Å². The second-order valence-corrected chi connectivity index (χ2v) is 4.15. The summed E-state index contributed by atoms with van der Waals surface area (Å²) < 4.78 is 0. The molecule has 0 spiro atoms. The fraction of sp³-hybridized carbons (Fsp3) is 0.538. The van der Waals surface area contributed by atoms with Crippen molar-refractivity contribution < 1.29 is 0 Å². The highest BCUT2D eigenvalue weighted by Gasteiger charge is 2.15. The predicted molar refractivity (Wildman–Crippen MR) is 66.8 cm³/mol. The van der Waals surface area contributed by atoms with Gasteiger partial charge in [-0.05, 0) is 32.5 Å². The Bertz CT molecular complexity index is 268. The van der Waals surface area contributed by atoms with E-state index in [2.05, 4.69) is 48.6 Å². The quantitative estimate of drug-likeness (QED) is 0.654. The number of hydrogen-bond donors (Lipinski definition) is 0. The molecule has 0 bridgehead atoms. The maximum Gasteiger partial charge on any atom is 0.0390 e. The van der Waals surface area contributed by atoms with Crippen molar-refractivity contribution in [2.45, 2.75) is 13.8 Å². The molecule has 0 aliphatic carbocycles. The molecular formula is C13H22N2. The molecule has 1 rings (SSSR count). The van der Waals surface area contributed by atoms with Crippen LogP contribution >= 0.6 is 0 Å². The van der Waals surface area contributed by atoms with Gasteiger partial charge in [-0.25, -0.2) is 0 Å². The van der Waals surface area contributed by atoms with Crippen molar-refractivity contribution in [1.29, 1.82) is 0 Å². The lowest BCUT2D eigenvalue weighted by molar-refractivity contribution is 0.189. The van der Waals surface area contributed by atoms with Gasteiger partial charge in [0.1, 0.15) is 0 Å². The molecule has 2 heteroatoms. The van der Waals surface area contributed by atoms with Crippen LogP contribution in [0.5, 0.6) is 0 Å². The molecule has 0 saturated carbocycles. The average Bonchev–Trinajstić information content (AvgIpc) is 2.21. The Kier molecular flexibility index (Phi) is 4.63. The summed E-state index contributed by atoms with van der Waals surface area (Å²) in [5.74, 6) is 0. The van der Waals surface area contributed by atoms with E-state index in [0.29, 0.717) is 0 Å². The van der Waals surface area contributed by atoms with Crippen LogP contribution < -0.4 is 0 Å². The zero-order valence-electron chi connectivity index (χ0n) is 10.2. The van der Waals surface area contributed by atoms with Crippen LogP contribution in [0.1, 0.15) is 13.8 Å². The van der Waals surface area contributed by atoms with Gasteiger partial charge in [0.2, 0.25) is 0 Å². The van der Waals surface area contributed by atoms with Gasteiger partial charge in [-0.1, -0.05) is 18.7 Å². The normalized spacial score (nSPS) is 19.9. The van der Waals surface area contributed by atoms with E-state index in [0.717, 1.165) is 31.8 Å². The van der Waals surface area contributed by atoms with E-state index in [1.165, 1.54) is 5.70 Å². The first-order valence-electron chi connectivity index (χ1n) is 5.57. The van der Waals surface area contributed by atoms with Crippen LogP contribution in [0.25, 0.3) is 0 Å². The van der Waals surface area contributed by atoms with Crippen molar-refractivity contribution >= 4 is 0 Å². The minimum Gasteiger partial charge on any atom is -0.369 e. The molecule has 0 unspecified atom stereocenters. The lowest BCUT2D eigenvalue weighted by Crippen LogP contribution is -2.43. The van der Waals surface area contributed by atoms with Gasteiger partial charge >= 0.3 is 0 Å². The van der Waals surface area contributed by atoms with Crippen LogP contribution in [0.4, 0.5) is 0 Å². The number of likely N-dealkylation sites (N-methyl/N-ethyl adjacent to an activating group) is 1. The van der Waals surface area contributed by atoms with Crippen molar-refractivity contribution in [1.82, 2.24) is 9.80 Å². The molecule has 0 aromatic heterocycles. The molecule has 0 aromatic rings. The molecule has 0 N–H and O–H groups in total. The zero-order valence-corrected chi connectivity index (χ0v) is 10.2. The third kappa shape index (κ3) is 3.56. The number of allylic oxidation sites excluding steroid dienone is 4. The predicted octanol–water partition coefficient (Wildman–Crippen LogP) is 2.27. The maximum atomic E-state index is 4.05. The van der Waals surface area contributed by atoms with E-state index in [1.54, 1.807) is 0 Å². The molecule has 15 heavy (non-hydrogen) atoms. The molecule has 1 aliphatic heterocycles. The van der Waals surface area contributed by atoms with Crippen LogP contribution in [0.15, 0.2) is 36.1 Å². The standard InChI is InChI=1S/C13H22N2/c1-5-6-7-13(12(2)3)15-10-8-14(4)9-11-15/h5-7H,2,8-11H2,1,3-4H3/b6-5-,13-7+. The van der Waals surface area contributed by atoms with Crippen molar-refractivity contribution in [2.24, 2.45) is 0 Å². The van der Waals surface area contributed by atoms with Gasteiger partial charge in [0, 0.05) is 31.9 Å². The highest BCUT2D eigenvalue weighted by molar-refractivity contribution is 5.29. The Morgan fingerprint density at radius 3 is 2.27 bits per heavy atom. The summed E-state index contributed by atoms with van der Waals surface area (Å²) in [5, 5.41) is 0. The Labute approximate surface area is 93.6 Å². The first-order valence-corrected chi connectivity index (χ1v) is 5.57. The third-order valence-electron chi connectivity index (χ3n) is 2.73. The minimum atomic E-state index is 1.10. The number of rotatable bonds is 3. The number of nitrogens with zero attached hydrogens (tertiary/aromatic N) is 2.